The highest BCUT2D eigenvalue weighted by Gasteiger charge is 2.22. The SMILES string of the molecule is C[C@H]1CCc2onc(CN)c2C1. The molecule has 0 radical (unpaired) electrons. The van der Waals surface area contributed by atoms with Crippen LogP contribution in [0.3, 0.4) is 0 Å². The molecule has 1 heterocycles. The molecule has 0 bridgehead atoms. The Bertz CT molecular complexity index is 267. The summed E-state index contributed by atoms with van der Waals surface area (Å²) in [6, 6.07) is 0. The second kappa shape index (κ2) is 2.90. The van der Waals surface area contributed by atoms with E-state index in [1.54, 1.807) is 0 Å². The molecule has 2 N–H and O–H groups in total. The van der Waals surface area contributed by atoms with E-state index in [1.165, 1.54) is 12.0 Å². The van der Waals surface area contributed by atoms with Crippen LogP contribution in [-0.2, 0) is 19.4 Å². The molecule has 1 aliphatic carbocycles. The van der Waals surface area contributed by atoms with Crippen LogP contribution in [0.15, 0.2) is 4.52 Å². The van der Waals surface area contributed by atoms with Crippen LogP contribution < -0.4 is 5.73 Å². The Morgan fingerprint density at radius 1 is 1.67 bits per heavy atom. The Kier molecular flexibility index (Phi) is 1.89. The maximum atomic E-state index is 5.54. The van der Waals surface area contributed by atoms with E-state index in [0.717, 1.165) is 30.2 Å². The third kappa shape index (κ3) is 1.14. The molecule has 0 saturated heterocycles. The quantitative estimate of drug-likeness (QED) is 0.683. The van der Waals surface area contributed by atoms with Crippen molar-refractivity contribution < 1.29 is 4.52 Å². The van der Waals surface area contributed by atoms with Crippen molar-refractivity contribution in [2.45, 2.75) is 32.7 Å². The molecule has 1 aromatic rings. The van der Waals surface area contributed by atoms with E-state index in [1.807, 2.05) is 0 Å². The Balaban J connectivity index is 2.34. The largest absolute Gasteiger partial charge is 0.361 e. The molecule has 3 nitrogen and oxygen atoms in total. The Hall–Kier alpha value is -0.830. The zero-order valence-corrected chi connectivity index (χ0v) is 7.34. The lowest BCUT2D eigenvalue weighted by molar-refractivity contribution is 0.353. The lowest BCUT2D eigenvalue weighted by Crippen LogP contribution is -2.12. The third-order valence-corrected chi connectivity index (χ3v) is 2.56. The molecular weight excluding hydrogens is 152 g/mol. The van der Waals surface area contributed by atoms with Gasteiger partial charge in [-0.3, -0.25) is 0 Å². The molecule has 0 aliphatic heterocycles. The van der Waals surface area contributed by atoms with Gasteiger partial charge in [0.05, 0.1) is 0 Å². The van der Waals surface area contributed by atoms with Crippen molar-refractivity contribution in [1.29, 1.82) is 0 Å². The second-order valence-electron chi connectivity index (χ2n) is 3.58. The van der Waals surface area contributed by atoms with Gasteiger partial charge in [-0.15, -0.1) is 0 Å². The van der Waals surface area contributed by atoms with Crippen LogP contribution in [0.25, 0.3) is 0 Å². The van der Waals surface area contributed by atoms with Crippen LogP contribution in [-0.4, -0.2) is 5.16 Å². The van der Waals surface area contributed by atoms with Crippen LogP contribution in [0.1, 0.15) is 30.4 Å². The van der Waals surface area contributed by atoms with Crippen molar-refractivity contribution in [3.05, 3.63) is 17.0 Å². The number of aryl methyl sites for hydroxylation is 1. The number of nitrogens with two attached hydrogens (primary N) is 1. The minimum absolute atomic E-state index is 0.506. The summed E-state index contributed by atoms with van der Waals surface area (Å²) in [6.45, 7) is 2.77. The normalized spacial score (nSPS) is 22.3. The lowest BCUT2D eigenvalue weighted by Gasteiger charge is -2.16. The molecule has 1 atom stereocenters. The van der Waals surface area contributed by atoms with E-state index in [2.05, 4.69) is 12.1 Å². The van der Waals surface area contributed by atoms with E-state index in [9.17, 15) is 0 Å². The Morgan fingerprint density at radius 2 is 2.50 bits per heavy atom. The summed E-state index contributed by atoms with van der Waals surface area (Å²) in [5.41, 5.74) is 7.77. The fraction of sp³-hybridized carbons (Fsp3) is 0.667. The fourth-order valence-electron chi connectivity index (χ4n) is 1.80. The molecule has 1 aromatic heterocycles. The van der Waals surface area contributed by atoms with Gasteiger partial charge in [-0.25, -0.2) is 0 Å². The number of hydrogen-bond acceptors (Lipinski definition) is 3. The van der Waals surface area contributed by atoms with Gasteiger partial charge < -0.3 is 10.3 Å². The average molecular weight is 166 g/mol. The topological polar surface area (TPSA) is 52.0 Å². The number of rotatable bonds is 1. The summed E-state index contributed by atoms with van der Waals surface area (Å²) in [7, 11) is 0. The smallest absolute Gasteiger partial charge is 0.140 e. The molecule has 0 fully saturated rings. The van der Waals surface area contributed by atoms with Gasteiger partial charge in [0.1, 0.15) is 11.5 Å². The van der Waals surface area contributed by atoms with Gasteiger partial charge in [-0.05, 0) is 18.8 Å². The molecule has 66 valence electrons. The van der Waals surface area contributed by atoms with Crippen molar-refractivity contribution in [2.75, 3.05) is 0 Å². The van der Waals surface area contributed by atoms with Gasteiger partial charge in [-0.1, -0.05) is 12.1 Å². The molecule has 3 heteroatoms. The minimum Gasteiger partial charge on any atom is -0.361 e. The van der Waals surface area contributed by atoms with E-state index in [0.29, 0.717) is 6.54 Å². The fourth-order valence-corrected chi connectivity index (χ4v) is 1.80. The van der Waals surface area contributed by atoms with Crippen molar-refractivity contribution in [3.8, 4) is 0 Å². The molecule has 0 unspecified atom stereocenters. The zero-order chi connectivity index (χ0) is 8.55. The first kappa shape index (κ1) is 7.80. The maximum Gasteiger partial charge on any atom is 0.140 e. The molecule has 0 saturated carbocycles. The summed E-state index contributed by atoms with van der Waals surface area (Å²) in [5, 5.41) is 3.95. The Morgan fingerprint density at radius 3 is 3.25 bits per heavy atom. The summed E-state index contributed by atoms with van der Waals surface area (Å²) in [5.74, 6) is 1.82. The lowest BCUT2D eigenvalue weighted by atomic mass is 9.88. The van der Waals surface area contributed by atoms with Gasteiger partial charge in [0, 0.05) is 18.5 Å². The molecule has 0 spiro atoms. The monoisotopic (exact) mass is 166 g/mol. The molecule has 2 rings (SSSR count). The number of fused-ring (bicyclic) bond motifs is 1. The summed E-state index contributed by atoms with van der Waals surface area (Å²) in [6.07, 6.45) is 3.33. The van der Waals surface area contributed by atoms with Crippen LogP contribution >= 0.6 is 0 Å². The van der Waals surface area contributed by atoms with E-state index in [-0.39, 0.29) is 0 Å². The molecule has 0 amide bonds. The first-order valence-corrected chi connectivity index (χ1v) is 4.47. The number of aromatic nitrogens is 1. The van der Waals surface area contributed by atoms with Crippen LogP contribution in [0.2, 0.25) is 0 Å². The molecule has 0 aromatic carbocycles. The standard InChI is InChI=1S/C9H14N2O/c1-6-2-3-9-7(4-6)8(5-10)11-12-9/h6H,2-5,10H2,1H3/t6-/m0/s1. The summed E-state index contributed by atoms with van der Waals surface area (Å²) in [4.78, 5) is 0. The van der Waals surface area contributed by atoms with Crippen LogP contribution in [0.5, 0.6) is 0 Å². The van der Waals surface area contributed by atoms with Crippen molar-refractivity contribution in [3.63, 3.8) is 0 Å². The molecular formula is C9H14N2O. The Labute approximate surface area is 71.9 Å². The second-order valence-corrected chi connectivity index (χ2v) is 3.58. The van der Waals surface area contributed by atoms with E-state index >= 15 is 0 Å². The molecule has 1 aliphatic rings. The number of nitrogens with zero attached hydrogens (tertiary/aromatic N) is 1. The predicted molar refractivity (Wildman–Crippen MR) is 45.6 cm³/mol. The van der Waals surface area contributed by atoms with Crippen LogP contribution in [0, 0.1) is 5.92 Å². The van der Waals surface area contributed by atoms with Gasteiger partial charge in [0.25, 0.3) is 0 Å². The van der Waals surface area contributed by atoms with E-state index in [4.69, 9.17) is 10.3 Å². The van der Waals surface area contributed by atoms with Crippen LogP contribution in [0.4, 0.5) is 0 Å². The van der Waals surface area contributed by atoms with Gasteiger partial charge in [-0.2, -0.15) is 0 Å². The van der Waals surface area contributed by atoms with E-state index < -0.39 is 0 Å². The van der Waals surface area contributed by atoms with Crippen molar-refractivity contribution in [1.82, 2.24) is 5.16 Å². The maximum absolute atomic E-state index is 5.54. The van der Waals surface area contributed by atoms with Gasteiger partial charge in [0.15, 0.2) is 0 Å². The van der Waals surface area contributed by atoms with Crippen molar-refractivity contribution in [2.24, 2.45) is 11.7 Å². The van der Waals surface area contributed by atoms with Gasteiger partial charge >= 0.3 is 0 Å². The predicted octanol–water partition coefficient (Wildman–Crippen LogP) is 1.26. The first-order chi connectivity index (χ1) is 5.81. The first-order valence-electron chi connectivity index (χ1n) is 4.47. The minimum atomic E-state index is 0.506. The summed E-state index contributed by atoms with van der Waals surface area (Å²) < 4.78 is 5.20. The summed E-state index contributed by atoms with van der Waals surface area (Å²) >= 11 is 0. The van der Waals surface area contributed by atoms with Gasteiger partial charge in [0.2, 0.25) is 0 Å². The third-order valence-electron chi connectivity index (χ3n) is 2.56. The zero-order valence-electron chi connectivity index (χ0n) is 7.34. The highest BCUT2D eigenvalue weighted by atomic mass is 16.5. The molecule has 12 heavy (non-hydrogen) atoms. The highest BCUT2D eigenvalue weighted by Crippen LogP contribution is 2.27. The highest BCUT2D eigenvalue weighted by molar-refractivity contribution is 5.25. The van der Waals surface area contributed by atoms with Crippen molar-refractivity contribution >= 4 is 0 Å². The number of hydrogen-bond donors (Lipinski definition) is 1. The average Bonchev–Trinajstić information content (AvgIpc) is 2.46.